The van der Waals surface area contributed by atoms with Crippen molar-refractivity contribution in [2.45, 2.75) is 26.1 Å². The fourth-order valence-electron chi connectivity index (χ4n) is 3.60. The van der Waals surface area contributed by atoms with E-state index >= 15 is 0 Å². The molecule has 4 rings (SSSR count). The Kier molecular flexibility index (Phi) is 6.26. The second-order valence-corrected chi connectivity index (χ2v) is 7.31. The quantitative estimate of drug-likeness (QED) is 0.415. The Bertz CT molecular complexity index is 1110. The smallest absolute Gasteiger partial charge is 0.161 e. The predicted molar refractivity (Wildman–Crippen MR) is 121 cm³/mol. The lowest BCUT2D eigenvalue weighted by molar-refractivity contribution is 0.283. The van der Waals surface area contributed by atoms with Crippen LogP contribution in [-0.4, -0.2) is 12.1 Å². The van der Waals surface area contributed by atoms with Crippen LogP contribution >= 0.6 is 0 Å². The van der Waals surface area contributed by atoms with Crippen LogP contribution in [0.2, 0.25) is 0 Å². The number of ether oxygens (including phenoxy) is 2. The minimum absolute atomic E-state index is 0.220. The van der Waals surface area contributed by atoms with Gasteiger partial charge in [-0.15, -0.1) is 0 Å². The van der Waals surface area contributed by atoms with Gasteiger partial charge in [0, 0.05) is 30.5 Å². The molecular formula is C26H26N2O2. The molecule has 0 amide bonds. The molecule has 3 aromatic carbocycles. The maximum atomic E-state index is 6.01. The zero-order valence-electron chi connectivity index (χ0n) is 17.3. The zero-order chi connectivity index (χ0) is 20.8. The van der Waals surface area contributed by atoms with E-state index in [1.54, 1.807) is 13.3 Å². The van der Waals surface area contributed by atoms with Crippen molar-refractivity contribution in [2.24, 2.45) is 0 Å². The third-order valence-electron chi connectivity index (χ3n) is 5.25. The van der Waals surface area contributed by atoms with Crippen LogP contribution in [0.4, 0.5) is 0 Å². The summed E-state index contributed by atoms with van der Waals surface area (Å²) in [6.45, 7) is 3.39. The van der Waals surface area contributed by atoms with Gasteiger partial charge in [0.05, 0.1) is 7.11 Å². The second kappa shape index (κ2) is 9.42. The van der Waals surface area contributed by atoms with E-state index in [1.807, 2.05) is 30.5 Å². The fourth-order valence-corrected chi connectivity index (χ4v) is 3.60. The molecule has 0 unspecified atom stereocenters. The summed E-state index contributed by atoms with van der Waals surface area (Å²) in [4.78, 5) is 4.14. The molecule has 1 atom stereocenters. The molecule has 0 saturated heterocycles. The monoisotopic (exact) mass is 398 g/mol. The minimum atomic E-state index is 0.220. The van der Waals surface area contributed by atoms with Crippen LogP contribution in [0.5, 0.6) is 11.5 Å². The van der Waals surface area contributed by atoms with Crippen molar-refractivity contribution < 1.29 is 9.47 Å². The van der Waals surface area contributed by atoms with Crippen LogP contribution in [0.25, 0.3) is 10.8 Å². The molecule has 0 aliphatic carbocycles. The first kappa shape index (κ1) is 19.9. The number of hydrogen-bond donors (Lipinski definition) is 1. The topological polar surface area (TPSA) is 43.4 Å². The predicted octanol–water partition coefficient (Wildman–Crippen LogP) is 5.67. The molecule has 152 valence electrons. The summed E-state index contributed by atoms with van der Waals surface area (Å²) in [7, 11) is 1.66. The Hall–Kier alpha value is -3.37. The minimum Gasteiger partial charge on any atom is -0.493 e. The highest BCUT2D eigenvalue weighted by Gasteiger charge is 2.11. The van der Waals surface area contributed by atoms with Crippen LogP contribution in [0.3, 0.4) is 0 Å². The molecule has 0 aliphatic heterocycles. The normalized spacial score (nSPS) is 11.9. The number of pyridine rings is 1. The largest absolute Gasteiger partial charge is 0.493 e. The number of benzene rings is 3. The van der Waals surface area contributed by atoms with Gasteiger partial charge in [-0.05, 0) is 47.0 Å². The average molecular weight is 399 g/mol. The first-order chi connectivity index (χ1) is 14.7. The van der Waals surface area contributed by atoms with Gasteiger partial charge in [-0.25, -0.2) is 0 Å². The molecule has 1 N–H and O–H groups in total. The van der Waals surface area contributed by atoms with Crippen LogP contribution in [-0.2, 0) is 13.2 Å². The zero-order valence-corrected chi connectivity index (χ0v) is 17.3. The fraction of sp³-hybridized carbons (Fsp3) is 0.192. The van der Waals surface area contributed by atoms with Gasteiger partial charge in [-0.1, -0.05) is 54.6 Å². The maximum Gasteiger partial charge on any atom is 0.161 e. The number of nitrogens with one attached hydrogen (secondary N) is 1. The van der Waals surface area contributed by atoms with Gasteiger partial charge in [0.15, 0.2) is 11.5 Å². The van der Waals surface area contributed by atoms with Crippen molar-refractivity contribution in [3.63, 3.8) is 0 Å². The lowest BCUT2D eigenvalue weighted by atomic mass is 9.99. The highest BCUT2D eigenvalue weighted by atomic mass is 16.5. The van der Waals surface area contributed by atoms with Gasteiger partial charge < -0.3 is 14.8 Å². The lowest BCUT2D eigenvalue weighted by Crippen LogP contribution is -2.18. The van der Waals surface area contributed by atoms with E-state index in [-0.39, 0.29) is 6.04 Å². The molecular weight excluding hydrogens is 372 g/mol. The van der Waals surface area contributed by atoms with E-state index in [1.165, 1.54) is 16.3 Å². The van der Waals surface area contributed by atoms with E-state index in [2.05, 4.69) is 65.8 Å². The number of aromatic nitrogens is 1. The first-order valence-corrected chi connectivity index (χ1v) is 10.1. The summed E-state index contributed by atoms with van der Waals surface area (Å²) < 4.78 is 11.5. The molecule has 4 aromatic rings. The Labute approximate surface area is 177 Å². The summed E-state index contributed by atoms with van der Waals surface area (Å²) >= 11 is 0. The molecule has 1 aromatic heterocycles. The van der Waals surface area contributed by atoms with Crippen molar-refractivity contribution in [3.8, 4) is 11.5 Å². The summed E-state index contributed by atoms with van der Waals surface area (Å²) in [6.07, 6.45) is 3.57. The van der Waals surface area contributed by atoms with Gasteiger partial charge in [0.1, 0.15) is 6.61 Å². The Morgan fingerprint density at radius 2 is 1.77 bits per heavy atom. The standard InChI is InChI=1S/C26H26N2O2/c1-19(23-11-5-9-22-8-3-4-10-24(22)23)28-17-20-12-13-25(29-2)26(15-20)30-18-21-7-6-14-27-16-21/h3-16,19,28H,17-18H2,1-2H3/t19-/m0/s1. The number of rotatable bonds is 8. The Morgan fingerprint density at radius 3 is 2.60 bits per heavy atom. The number of methoxy groups -OCH3 is 1. The second-order valence-electron chi connectivity index (χ2n) is 7.31. The maximum absolute atomic E-state index is 6.01. The van der Waals surface area contributed by atoms with Gasteiger partial charge in [0.25, 0.3) is 0 Å². The number of nitrogens with zero attached hydrogens (tertiary/aromatic N) is 1. The summed E-state index contributed by atoms with van der Waals surface area (Å²) in [5.74, 6) is 1.46. The van der Waals surface area contributed by atoms with Crippen molar-refractivity contribution in [1.29, 1.82) is 0 Å². The molecule has 0 spiro atoms. The highest BCUT2D eigenvalue weighted by molar-refractivity contribution is 5.86. The van der Waals surface area contributed by atoms with E-state index < -0.39 is 0 Å². The van der Waals surface area contributed by atoms with E-state index in [9.17, 15) is 0 Å². The average Bonchev–Trinajstić information content (AvgIpc) is 2.81. The van der Waals surface area contributed by atoms with Crippen LogP contribution in [0.15, 0.2) is 85.2 Å². The van der Waals surface area contributed by atoms with Gasteiger partial charge in [0.2, 0.25) is 0 Å². The molecule has 4 heteroatoms. The molecule has 0 fully saturated rings. The van der Waals surface area contributed by atoms with Crippen LogP contribution in [0, 0.1) is 0 Å². The van der Waals surface area contributed by atoms with Crippen molar-refractivity contribution in [3.05, 3.63) is 102 Å². The van der Waals surface area contributed by atoms with Crippen LogP contribution in [0.1, 0.15) is 29.7 Å². The first-order valence-electron chi connectivity index (χ1n) is 10.1. The van der Waals surface area contributed by atoms with E-state index in [0.29, 0.717) is 6.61 Å². The molecule has 4 nitrogen and oxygen atoms in total. The van der Waals surface area contributed by atoms with Crippen molar-refractivity contribution in [2.75, 3.05) is 7.11 Å². The molecule has 0 bridgehead atoms. The van der Waals surface area contributed by atoms with Crippen molar-refractivity contribution in [1.82, 2.24) is 10.3 Å². The molecule has 0 saturated carbocycles. The van der Waals surface area contributed by atoms with Gasteiger partial charge in [-0.3, -0.25) is 4.98 Å². The Morgan fingerprint density at radius 1 is 0.900 bits per heavy atom. The van der Waals surface area contributed by atoms with Crippen molar-refractivity contribution >= 4 is 10.8 Å². The molecule has 1 heterocycles. The molecule has 0 radical (unpaired) electrons. The van der Waals surface area contributed by atoms with E-state index in [0.717, 1.165) is 29.2 Å². The van der Waals surface area contributed by atoms with Gasteiger partial charge >= 0.3 is 0 Å². The summed E-state index contributed by atoms with van der Waals surface area (Å²) in [6, 6.07) is 25.2. The summed E-state index contributed by atoms with van der Waals surface area (Å²) in [5, 5.41) is 6.19. The number of hydrogen-bond acceptors (Lipinski definition) is 4. The third kappa shape index (κ3) is 4.61. The van der Waals surface area contributed by atoms with Gasteiger partial charge in [-0.2, -0.15) is 0 Å². The third-order valence-corrected chi connectivity index (χ3v) is 5.25. The molecule has 0 aliphatic rings. The lowest BCUT2D eigenvalue weighted by Gasteiger charge is -2.18. The SMILES string of the molecule is COc1ccc(CN[C@@H](C)c2cccc3ccccc23)cc1OCc1cccnc1. The van der Waals surface area contributed by atoms with E-state index in [4.69, 9.17) is 9.47 Å². The highest BCUT2D eigenvalue weighted by Crippen LogP contribution is 2.29. The number of fused-ring (bicyclic) bond motifs is 1. The molecule has 30 heavy (non-hydrogen) atoms. The summed E-state index contributed by atoms with van der Waals surface area (Å²) in [5.41, 5.74) is 3.46. The Balaban J connectivity index is 1.46. The van der Waals surface area contributed by atoms with Crippen LogP contribution < -0.4 is 14.8 Å².